The second-order valence-corrected chi connectivity index (χ2v) is 16.4. The van der Waals surface area contributed by atoms with E-state index < -0.39 is 195 Å². The number of benzene rings is 5. The van der Waals surface area contributed by atoms with Crippen LogP contribution >= 0.6 is 12.6 Å². The maximum absolute atomic E-state index is 14.2. The molecule has 0 spiro atoms. The van der Waals surface area contributed by atoms with Crippen molar-refractivity contribution in [1.29, 1.82) is 0 Å². The number of rotatable bonds is 8. The van der Waals surface area contributed by atoms with Crippen LogP contribution in [-0.4, -0.2) is 17.7 Å². The standard InChI is InChI=1S/C32H12BF24.C14H13NOS/c34-25(35,36)13-1-14(26(37,38)39)6-21(5-13)33(22-7-15(27(40,41)42)2-16(8-22)28(43,44)45,23-9-17(29(46,47)48)3-18(10-23)30(49,50)51)24-11-19(31(52,53)54)4-20(12-24)32(55,56)57;16-14(11-17)13-6-8-15(9-7-13)10-12-4-2-1-3-5-12/h1-12H;1-9H,10-11H2/q-1;/p+1. The SMILES string of the molecule is FC(F)(F)c1cc([B-](c2cc(C(F)(F)F)cc(C(F)(F)F)c2)(c2cc(C(F)(F)F)cc(C(F)(F)F)c2)c2cc(C(F)(F)F)cc(C(F)(F)F)c2)cc(C(F)(F)F)c1.O=C(CS)c1cc[n+](Cc2ccccc2)cc1. The van der Waals surface area contributed by atoms with Crippen LogP contribution in [0, 0.1) is 0 Å². The Balaban J connectivity index is 0.000000500. The third-order valence-electron chi connectivity index (χ3n) is 11.0. The molecule has 1 aromatic heterocycles. The number of pyridine rings is 1. The Labute approximate surface area is 405 Å². The first-order valence-corrected chi connectivity index (χ1v) is 20.7. The molecule has 0 fully saturated rings. The van der Waals surface area contributed by atoms with Crippen molar-refractivity contribution in [3.05, 3.63) is 183 Å². The lowest BCUT2D eigenvalue weighted by Gasteiger charge is -2.46. The first-order chi connectivity index (χ1) is 33.6. The predicted octanol–water partition coefficient (Wildman–Crippen LogP) is 13.3. The van der Waals surface area contributed by atoms with Crippen molar-refractivity contribution in [2.75, 3.05) is 5.75 Å². The fraction of sp³-hybridized carbons (Fsp3) is 0.217. The van der Waals surface area contributed by atoms with Gasteiger partial charge >= 0.3 is 49.4 Å². The molecule has 0 radical (unpaired) electrons. The molecule has 6 rings (SSSR count). The van der Waals surface area contributed by atoms with E-state index >= 15 is 0 Å². The number of alkyl halides is 24. The van der Waals surface area contributed by atoms with Crippen molar-refractivity contribution in [3.8, 4) is 0 Å². The first kappa shape index (κ1) is 58.5. The van der Waals surface area contributed by atoms with Crippen LogP contribution in [0.3, 0.4) is 0 Å². The molecule has 0 aliphatic carbocycles. The molecule has 0 saturated carbocycles. The molecular formula is C46H26BF24NOS. The number of nitrogens with zero attached hydrogens (tertiary/aromatic N) is 1. The average Bonchev–Trinajstić information content (AvgIpc) is 3.27. The molecule has 0 unspecified atom stereocenters. The molecule has 0 aliphatic rings. The highest BCUT2D eigenvalue weighted by Gasteiger charge is 2.47. The number of carbonyl (C=O) groups excluding carboxylic acids is 1. The van der Waals surface area contributed by atoms with E-state index in [1.54, 1.807) is 0 Å². The third-order valence-corrected chi connectivity index (χ3v) is 11.3. The quantitative estimate of drug-likeness (QED) is 0.0530. The van der Waals surface area contributed by atoms with Gasteiger partial charge in [-0.1, -0.05) is 78.9 Å². The summed E-state index contributed by atoms with van der Waals surface area (Å²) in [6.45, 7) is 0.816. The topological polar surface area (TPSA) is 20.9 Å². The van der Waals surface area contributed by atoms with Crippen LogP contribution in [-0.2, 0) is 56.0 Å². The molecule has 28 heteroatoms. The van der Waals surface area contributed by atoms with Gasteiger partial charge in [0.05, 0.1) is 50.3 Å². The Morgan fingerprint density at radius 3 is 0.797 bits per heavy atom. The van der Waals surface area contributed by atoms with Gasteiger partial charge in [-0.15, -0.1) is 0 Å². The van der Waals surface area contributed by atoms with Crippen LogP contribution in [0.25, 0.3) is 0 Å². The summed E-state index contributed by atoms with van der Waals surface area (Å²) in [7, 11) is 0. The van der Waals surface area contributed by atoms with E-state index in [0.29, 0.717) is 5.56 Å². The molecule has 0 aliphatic heterocycles. The van der Waals surface area contributed by atoms with Gasteiger partial charge in [-0.05, 0) is 24.3 Å². The van der Waals surface area contributed by atoms with Gasteiger partial charge < -0.3 is 0 Å². The van der Waals surface area contributed by atoms with Gasteiger partial charge in [0.2, 0.25) is 0 Å². The summed E-state index contributed by atoms with van der Waals surface area (Å²) < 4.78 is 343. The van der Waals surface area contributed by atoms with Crippen LogP contribution in [0.4, 0.5) is 105 Å². The lowest BCUT2D eigenvalue weighted by atomic mass is 9.12. The van der Waals surface area contributed by atoms with Crippen LogP contribution in [0.5, 0.6) is 0 Å². The van der Waals surface area contributed by atoms with E-state index in [2.05, 4.69) is 24.8 Å². The van der Waals surface area contributed by atoms with Crippen LogP contribution in [0.1, 0.15) is 60.4 Å². The number of ketones is 1. The lowest BCUT2D eigenvalue weighted by Crippen LogP contribution is -2.75. The van der Waals surface area contributed by atoms with Gasteiger partial charge in [0, 0.05) is 23.3 Å². The summed E-state index contributed by atoms with van der Waals surface area (Å²) in [6, 6.07) is 5.07. The number of Topliss-reactive ketones (excluding diaryl/α,β-unsaturated/α-hetero) is 1. The van der Waals surface area contributed by atoms with Crippen molar-refractivity contribution >= 4 is 46.4 Å². The highest BCUT2D eigenvalue weighted by Crippen LogP contribution is 2.41. The number of thiol groups is 1. The number of halogens is 24. The molecule has 398 valence electrons. The molecule has 1 heterocycles. The predicted molar refractivity (Wildman–Crippen MR) is 220 cm³/mol. The summed E-state index contributed by atoms with van der Waals surface area (Å²) >= 11 is 3.98. The van der Waals surface area contributed by atoms with Crippen molar-refractivity contribution in [2.45, 2.75) is 56.0 Å². The molecule has 74 heavy (non-hydrogen) atoms. The van der Waals surface area contributed by atoms with Crippen molar-refractivity contribution in [1.82, 2.24) is 0 Å². The van der Waals surface area contributed by atoms with Gasteiger partial charge in [0.25, 0.3) is 0 Å². The second-order valence-electron chi connectivity index (χ2n) is 16.0. The van der Waals surface area contributed by atoms with E-state index in [4.69, 9.17) is 0 Å². The Hall–Kier alpha value is -6.35. The number of hydrogen-bond donors (Lipinski definition) is 1. The van der Waals surface area contributed by atoms with Crippen molar-refractivity contribution in [3.63, 3.8) is 0 Å². The zero-order chi connectivity index (χ0) is 56.0. The summed E-state index contributed by atoms with van der Waals surface area (Å²) in [4.78, 5) is 11.4. The highest BCUT2D eigenvalue weighted by molar-refractivity contribution is 7.81. The van der Waals surface area contributed by atoms with Gasteiger partial charge in [-0.25, -0.2) is 4.57 Å². The average molecular weight is 1110 g/mol. The molecule has 0 saturated heterocycles. The van der Waals surface area contributed by atoms with E-state index in [1.165, 1.54) is 5.56 Å². The minimum atomic E-state index is -6.13. The second kappa shape index (κ2) is 20.4. The minimum Gasteiger partial charge on any atom is -0.293 e. The van der Waals surface area contributed by atoms with Crippen molar-refractivity contribution in [2.24, 2.45) is 0 Å². The smallest absolute Gasteiger partial charge is 0.293 e. The fourth-order valence-electron chi connectivity index (χ4n) is 7.70. The Bertz CT molecular complexity index is 2530. The number of hydrogen-bond acceptors (Lipinski definition) is 2. The summed E-state index contributed by atoms with van der Waals surface area (Å²) in [5.74, 6) is 0.308. The first-order valence-electron chi connectivity index (χ1n) is 20.1. The van der Waals surface area contributed by atoms with Gasteiger partial charge in [-0.3, -0.25) is 4.79 Å². The zero-order valence-electron chi connectivity index (χ0n) is 36.0. The molecule has 2 nitrogen and oxygen atoms in total. The molecule has 0 atom stereocenters. The minimum absolute atomic E-state index is 0.0557. The van der Waals surface area contributed by atoms with E-state index in [-0.39, 0.29) is 11.5 Å². The van der Waals surface area contributed by atoms with Crippen LogP contribution in [0.2, 0.25) is 0 Å². The maximum Gasteiger partial charge on any atom is 0.416 e. The van der Waals surface area contributed by atoms with Gasteiger partial charge in [-0.2, -0.15) is 140 Å². The van der Waals surface area contributed by atoms with E-state index in [0.717, 1.165) is 6.54 Å². The summed E-state index contributed by atoms with van der Waals surface area (Å²) in [5, 5.41) is 0. The van der Waals surface area contributed by atoms with E-state index in [1.807, 2.05) is 47.3 Å². The Kier molecular flexibility index (Phi) is 16.1. The number of carbonyl (C=O) groups is 1. The molecule has 0 N–H and O–H groups in total. The number of aromatic nitrogens is 1. The monoisotopic (exact) mass is 1110 g/mol. The Morgan fingerprint density at radius 2 is 0.595 bits per heavy atom. The molecular weight excluding hydrogens is 1080 g/mol. The largest absolute Gasteiger partial charge is 0.416 e. The third kappa shape index (κ3) is 13.7. The maximum atomic E-state index is 14.2. The van der Waals surface area contributed by atoms with Gasteiger partial charge in [0.15, 0.2) is 24.7 Å². The van der Waals surface area contributed by atoms with E-state index in [9.17, 15) is 110 Å². The van der Waals surface area contributed by atoms with Crippen molar-refractivity contribution < 1.29 is 115 Å². The zero-order valence-corrected chi connectivity index (χ0v) is 36.9. The molecule has 0 amide bonds. The van der Waals surface area contributed by atoms with Crippen LogP contribution < -0.4 is 26.4 Å². The summed E-state index contributed by atoms with van der Waals surface area (Å²) in [5.41, 5.74) is -28.3. The molecule has 5 aromatic carbocycles. The summed E-state index contributed by atoms with van der Waals surface area (Å²) in [6.07, 6.45) is -51.0. The molecule has 0 bridgehead atoms. The van der Waals surface area contributed by atoms with Gasteiger partial charge in [0.1, 0.15) is 6.15 Å². The fourth-order valence-corrected chi connectivity index (χ4v) is 7.89. The highest BCUT2D eigenvalue weighted by atomic mass is 32.1. The normalized spacial score (nSPS) is 13.4. The van der Waals surface area contributed by atoms with Crippen LogP contribution in [0.15, 0.2) is 128 Å². The molecule has 6 aromatic rings. The Morgan fingerprint density at radius 1 is 0.365 bits per heavy atom. The lowest BCUT2D eigenvalue weighted by molar-refractivity contribution is -0.688.